The summed E-state index contributed by atoms with van der Waals surface area (Å²) in [6.45, 7) is 5.81. The second-order valence-electron chi connectivity index (χ2n) is 8.94. The van der Waals surface area contributed by atoms with Gasteiger partial charge in [0.2, 0.25) is 0 Å². The van der Waals surface area contributed by atoms with E-state index < -0.39 is 5.97 Å². The number of rotatable bonds is 5. The lowest BCUT2D eigenvalue weighted by Gasteiger charge is -2.19. The Hall–Kier alpha value is -4.65. The summed E-state index contributed by atoms with van der Waals surface area (Å²) in [6, 6.07) is 18.9. The van der Waals surface area contributed by atoms with Crippen LogP contribution in [0.5, 0.6) is 5.75 Å². The van der Waals surface area contributed by atoms with Gasteiger partial charge in [0.15, 0.2) is 5.76 Å². The van der Waals surface area contributed by atoms with Gasteiger partial charge in [-0.25, -0.2) is 14.3 Å². The lowest BCUT2D eigenvalue weighted by Crippen LogP contribution is -2.07. The minimum atomic E-state index is -1.05. The summed E-state index contributed by atoms with van der Waals surface area (Å²) in [5, 5.41) is 15.9. The number of aryl methyl sites for hydroxylation is 2. The van der Waals surface area contributed by atoms with E-state index in [9.17, 15) is 9.90 Å². The first-order valence-corrected chi connectivity index (χ1v) is 11.7. The van der Waals surface area contributed by atoms with Gasteiger partial charge in [0.05, 0.1) is 22.0 Å². The molecular formula is C29H23N3O4. The van der Waals surface area contributed by atoms with Crippen LogP contribution in [0.4, 0.5) is 0 Å². The van der Waals surface area contributed by atoms with Crippen molar-refractivity contribution in [3.8, 4) is 17.2 Å². The normalized spacial score (nSPS) is 12.4. The molecule has 36 heavy (non-hydrogen) atoms. The van der Waals surface area contributed by atoms with Gasteiger partial charge in [0.1, 0.15) is 23.1 Å². The van der Waals surface area contributed by atoms with Crippen LogP contribution in [0.1, 0.15) is 40.1 Å². The lowest BCUT2D eigenvalue weighted by molar-refractivity contribution is 0.0698. The Morgan fingerprint density at radius 3 is 2.72 bits per heavy atom. The third-order valence-electron chi connectivity index (χ3n) is 6.63. The number of hydrogen-bond acceptors (Lipinski definition) is 5. The number of carbonyl (C=O) groups is 1. The third kappa shape index (κ3) is 3.48. The van der Waals surface area contributed by atoms with Gasteiger partial charge >= 0.3 is 5.97 Å². The van der Waals surface area contributed by atoms with E-state index in [4.69, 9.17) is 14.1 Å². The molecule has 0 amide bonds. The Labute approximate surface area is 206 Å². The standard InChI is InChI=1S/C29H23N3O4/c1-16-8-9-25(35-18(3)19-11-13-32-20(14-19)10-12-30-32)26-22(29(33)34)15-23(31-27(16)26)28-17(2)21-6-4-5-7-24(21)36-28/h4-15,18H,1-3H3,(H,33,34)/t18-/m1/s1. The number of carboxylic acid groups (broad SMARTS) is 1. The number of nitrogens with zero attached hydrogens (tertiary/aromatic N) is 3. The summed E-state index contributed by atoms with van der Waals surface area (Å²) in [7, 11) is 0. The fourth-order valence-electron chi connectivity index (χ4n) is 4.69. The second kappa shape index (κ2) is 8.23. The molecule has 0 spiro atoms. The number of aromatic carboxylic acids is 1. The SMILES string of the molecule is Cc1c(-c2cc(C(=O)O)c3c(O[C@H](C)c4ccn5nccc5c4)ccc(C)c3n2)oc2ccccc12. The van der Waals surface area contributed by atoms with Crippen molar-refractivity contribution >= 4 is 33.4 Å². The number of aromatic nitrogens is 3. The molecule has 1 atom stereocenters. The molecule has 6 aromatic rings. The minimum absolute atomic E-state index is 0.118. The van der Waals surface area contributed by atoms with E-state index in [0.717, 1.165) is 33.2 Å². The number of hydrogen-bond donors (Lipinski definition) is 1. The molecule has 0 aliphatic heterocycles. The molecule has 0 aliphatic carbocycles. The maximum absolute atomic E-state index is 12.5. The van der Waals surface area contributed by atoms with E-state index in [1.807, 2.05) is 81.6 Å². The molecule has 7 heteroatoms. The van der Waals surface area contributed by atoms with Crippen LogP contribution in [0.15, 0.2) is 77.5 Å². The Kier molecular flexibility index (Phi) is 5.00. The van der Waals surface area contributed by atoms with Gasteiger partial charge in [-0.1, -0.05) is 24.3 Å². The highest BCUT2D eigenvalue weighted by Crippen LogP contribution is 2.38. The van der Waals surface area contributed by atoms with Gasteiger partial charge in [-0.2, -0.15) is 5.10 Å². The molecular weight excluding hydrogens is 454 g/mol. The van der Waals surface area contributed by atoms with Crippen molar-refractivity contribution in [2.24, 2.45) is 0 Å². The smallest absolute Gasteiger partial charge is 0.336 e. The zero-order valence-corrected chi connectivity index (χ0v) is 20.0. The maximum Gasteiger partial charge on any atom is 0.336 e. The number of carboxylic acids is 1. The topological polar surface area (TPSA) is 89.9 Å². The van der Waals surface area contributed by atoms with Gasteiger partial charge in [0.25, 0.3) is 0 Å². The van der Waals surface area contributed by atoms with E-state index in [1.165, 1.54) is 0 Å². The van der Waals surface area contributed by atoms with Crippen LogP contribution in [0.2, 0.25) is 0 Å². The van der Waals surface area contributed by atoms with Crippen LogP contribution in [0.3, 0.4) is 0 Å². The molecule has 0 unspecified atom stereocenters. The largest absolute Gasteiger partial charge is 0.485 e. The van der Waals surface area contributed by atoms with Crippen molar-refractivity contribution in [1.29, 1.82) is 0 Å². The Morgan fingerprint density at radius 1 is 1.08 bits per heavy atom. The van der Waals surface area contributed by atoms with Crippen LogP contribution in [0.25, 0.3) is 38.8 Å². The molecule has 6 rings (SSSR count). The predicted molar refractivity (Wildman–Crippen MR) is 138 cm³/mol. The van der Waals surface area contributed by atoms with Gasteiger partial charge in [-0.15, -0.1) is 0 Å². The predicted octanol–water partition coefficient (Wildman–Crippen LogP) is 6.75. The van der Waals surface area contributed by atoms with Gasteiger partial charge in [-0.3, -0.25) is 0 Å². The van der Waals surface area contributed by atoms with Crippen molar-refractivity contribution in [3.05, 3.63) is 95.3 Å². The first kappa shape index (κ1) is 21.9. The van der Waals surface area contributed by atoms with Crippen molar-refractivity contribution in [2.45, 2.75) is 26.9 Å². The average Bonchev–Trinajstić information content (AvgIpc) is 3.49. The van der Waals surface area contributed by atoms with Gasteiger partial charge in [0, 0.05) is 23.3 Å². The van der Waals surface area contributed by atoms with Crippen LogP contribution in [0, 0.1) is 13.8 Å². The molecule has 0 radical (unpaired) electrons. The number of ether oxygens (including phenoxy) is 1. The number of benzene rings is 2. The highest BCUT2D eigenvalue weighted by molar-refractivity contribution is 6.07. The van der Waals surface area contributed by atoms with E-state index in [0.29, 0.717) is 28.1 Å². The molecule has 1 N–H and O–H groups in total. The van der Waals surface area contributed by atoms with Crippen LogP contribution in [-0.2, 0) is 0 Å². The summed E-state index contributed by atoms with van der Waals surface area (Å²) in [5.74, 6) is -0.0238. The van der Waals surface area contributed by atoms with E-state index >= 15 is 0 Å². The summed E-state index contributed by atoms with van der Waals surface area (Å²) in [4.78, 5) is 17.3. The number of furan rings is 1. The zero-order chi connectivity index (χ0) is 25.0. The molecule has 2 aromatic carbocycles. The molecule has 0 fully saturated rings. The molecule has 7 nitrogen and oxygen atoms in total. The van der Waals surface area contributed by atoms with Crippen LogP contribution < -0.4 is 4.74 Å². The van der Waals surface area contributed by atoms with Crippen molar-refractivity contribution < 1.29 is 19.1 Å². The summed E-state index contributed by atoms with van der Waals surface area (Å²) >= 11 is 0. The summed E-state index contributed by atoms with van der Waals surface area (Å²) in [5.41, 5.74) is 5.58. The van der Waals surface area contributed by atoms with Gasteiger partial charge in [-0.05, 0) is 68.3 Å². The van der Waals surface area contributed by atoms with Gasteiger partial charge < -0.3 is 14.3 Å². The fourth-order valence-corrected chi connectivity index (χ4v) is 4.69. The lowest BCUT2D eigenvalue weighted by atomic mass is 10.0. The monoisotopic (exact) mass is 477 g/mol. The molecule has 4 aromatic heterocycles. The molecule has 0 aliphatic rings. The Balaban J connectivity index is 1.49. The second-order valence-corrected chi connectivity index (χ2v) is 8.94. The summed E-state index contributed by atoms with van der Waals surface area (Å²) < 4.78 is 14.2. The quantitative estimate of drug-likeness (QED) is 0.295. The summed E-state index contributed by atoms with van der Waals surface area (Å²) in [6.07, 6.45) is 3.29. The molecule has 0 saturated heterocycles. The van der Waals surface area contributed by atoms with E-state index in [1.54, 1.807) is 16.8 Å². The Morgan fingerprint density at radius 2 is 1.92 bits per heavy atom. The molecule has 0 bridgehead atoms. The highest BCUT2D eigenvalue weighted by atomic mass is 16.5. The minimum Gasteiger partial charge on any atom is -0.485 e. The van der Waals surface area contributed by atoms with Crippen LogP contribution in [-0.4, -0.2) is 25.7 Å². The highest BCUT2D eigenvalue weighted by Gasteiger charge is 2.22. The molecule has 4 heterocycles. The van der Waals surface area contributed by atoms with Crippen LogP contribution >= 0.6 is 0 Å². The fraction of sp³-hybridized carbons (Fsp3) is 0.138. The first-order chi connectivity index (χ1) is 17.4. The third-order valence-corrected chi connectivity index (χ3v) is 6.63. The molecule has 0 saturated carbocycles. The van der Waals surface area contributed by atoms with Crippen molar-refractivity contribution in [3.63, 3.8) is 0 Å². The van der Waals surface area contributed by atoms with Crippen molar-refractivity contribution in [1.82, 2.24) is 14.6 Å². The first-order valence-electron chi connectivity index (χ1n) is 11.7. The average molecular weight is 478 g/mol. The number of para-hydroxylation sites is 1. The van der Waals surface area contributed by atoms with E-state index in [2.05, 4.69) is 5.10 Å². The van der Waals surface area contributed by atoms with Crippen molar-refractivity contribution in [2.75, 3.05) is 0 Å². The number of fused-ring (bicyclic) bond motifs is 3. The molecule has 178 valence electrons. The van der Waals surface area contributed by atoms with E-state index in [-0.39, 0.29) is 11.7 Å². The zero-order valence-electron chi connectivity index (χ0n) is 20.0. The Bertz CT molecular complexity index is 1800. The number of pyridine rings is 2. The maximum atomic E-state index is 12.5.